The van der Waals surface area contributed by atoms with Gasteiger partial charge in [-0.1, -0.05) is 41.6 Å². The van der Waals surface area contributed by atoms with Crippen LogP contribution in [0.2, 0.25) is 0 Å². The minimum absolute atomic E-state index is 0.0121. The summed E-state index contributed by atoms with van der Waals surface area (Å²) in [6.45, 7) is 4.54. The van der Waals surface area contributed by atoms with E-state index in [2.05, 4.69) is 21.6 Å². The monoisotopic (exact) mass is 438 g/mol. The number of aromatic nitrogens is 3. The molecule has 0 aliphatic carbocycles. The summed E-state index contributed by atoms with van der Waals surface area (Å²) in [6, 6.07) is 15.9. The van der Waals surface area contributed by atoms with Crippen LogP contribution in [0, 0.1) is 6.92 Å². The van der Waals surface area contributed by atoms with E-state index in [4.69, 9.17) is 4.42 Å². The predicted molar refractivity (Wildman–Crippen MR) is 120 cm³/mol. The van der Waals surface area contributed by atoms with Crippen molar-refractivity contribution < 1.29 is 9.21 Å². The Morgan fingerprint density at radius 1 is 1.23 bits per heavy atom. The summed E-state index contributed by atoms with van der Waals surface area (Å²) in [5.74, 6) is 1.79. The summed E-state index contributed by atoms with van der Waals surface area (Å²) in [5.41, 5.74) is 2.13. The third-order valence-corrected chi connectivity index (χ3v) is 6.59. The van der Waals surface area contributed by atoms with Crippen molar-refractivity contribution in [3.05, 3.63) is 76.4 Å². The number of carbonyl (C=O) groups excluding carboxylic acids is 1. The number of amides is 1. The summed E-state index contributed by atoms with van der Waals surface area (Å²) < 4.78 is 7.53. The van der Waals surface area contributed by atoms with E-state index in [0.717, 1.165) is 27.6 Å². The van der Waals surface area contributed by atoms with Crippen LogP contribution in [0.4, 0.5) is 0 Å². The fourth-order valence-electron chi connectivity index (χ4n) is 3.12. The Kier molecular flexibility index (Phi) is 6.35. The zero-order valence-electron chi connectivity index (χ0n) is 16.7. The van der Waals surface area contributed by atoms with Crippen molar-refractivity contribution in [3.63, 3.8) is 0 Å². The van der Waals surface area contributed by atoms with E-state index in [0.29, 0.717) is 11.7 Å². The van der Waals surface area contributed by atoms with E-state index in [1.807, 2.05) is 66.3 Å². The molecule has 1 aromatic carbocycles. The average molecular weight is 439 g/mol. The van der Waals surface area contributed by atoms with Crippen LogP contribution in [0.15, 0.2) is 69.7 Å². The first-order valence-electron chi connectivity index (χ1n) is 9.58. The predicted octanol–water partition coefficient (Wildman–Crippen LogP) is 4.93. The molecule has 3 heterocycles. The highest BCUT2D eigenvalue weighted by molar-refractivity contribution is 7.99. The average Bonchev–Trinajstić information content (AvgIpc) is 3.49. The molecular formula is C22H22N4O2S2. The van der Waals surface area contributed by atoms with Crippen LogP contribution in [0.25, 0.3) is 11.4 Å². The second-order valence-electron chi connectivity index (χ2n) is 6.93. The summed E-state index contributed by atoms with van der Waals surface area (Å²) in [5, 5.41) is 14.5. The number of aryl methyl sites for hydroxylation is 1. The lowest BCUT2D eigenvalue weighted by Gasteiger charge is -2.12. The standard InChI is InChI=1S/C22H22N4O2S2/c1-15-6-3-7-17(12-15)21-24-25-22(26(21)13-18-8-4-10-28-18)30-14-20(27)23-16(2)19-9-5-11-29-19/h3-12,16H,13-14H2,1-2H3,(H,23,27). The lowest BCUT2D eigenvalue weighted by Crippen LogP contribution is -2.27. The van der Waals surface area contributed by atoms with Crippen molar-refractivity contribution in [2.24, 2.45) is 0 Å². The first-order chi connectivity index (χ1) is 14.6. The molecule has 0 saturated carbocycles. The highest BCUT2D eigenvalue weighted by Gasteiger charge is 2.18. The van der Waals surface area contributed by atoms with Gasteiger partial charge in [0, 0.05) is 10.4 Å². The lowest BCUT2D eigenvalue weighted by atomic mass is 10.1. The number of carbonyl (C=O) groups is 1. The first kappa shape index (κ1) is 20.4. The van der Waals surface area contributed by atoms with Crippen molar-refractivity contribution in [3.8, 4) is 11.4 Å². The number of thiophene rings is 1. The Balaban J connectivity index is 1.51. The van der Waals surface area contributed by atoms with Crippen molar-refractivity contribution in [1.29, 1.82) is 0 Å². The fraction of sp³-hybridized carbons (Fsp3) is 0.227. The molecule has 4 aromatic rings. The van der Waals surface area contributed by atoms with Gasteiger partial charge in [0.1, 0.15) is 5.76 Å². The van der Waals surface area contributed by atoms with Gasteiger partial charge < -0.3 is 9.73 Å². The molecule has 3 aromatic heterocycles. The minimum Gasteiger partial charge on any atom is -0.467 e. The van der Waals surface area contributed by atoms with Gasteiger partial charge in [-0.15, -0.1) is 21.5 Å². The van der Waals surface area contributed by atoms with E-state index in [1.165, 1.54) is 11.8 Å². The van der Waals surface area contributed by atoms with E-state index < -0.39 is 0 Å². The van der Waals surface area contributed by atoms with E-state index in [-0.39, 0.29) is 17.7 Å². The molecule has 1 atom stereocenters. The van der Waals surface area contributed by atoms with Gasteiger partial charge in [-0.3, -0.25) is 9.36 Å². The van der Waals surface area contributed by atoms with Crippen molar-refractivity contribution >= 4 is 29.0 Å². The van der Waals surface area contributed by atoms with E-state index in [1.54, 1.807) is 17.6 Å². The second-order valence-corrected chi connectivity index (χ2v) is 8.86. The van der Waals surface area contributed by atoms with Crippen LogP contribution in [0.1, 0.15) is 29.2 Å². The van der Waals surface area contributed by atoms with Gasteiger partial charge in [-0.05, 0) is 43.5 Å². The molecular weight excluding hydrogens is 416 g/mol. The van der Waals surface area contributed by atoms with Crippen LogP contribution in [-0.2, 0) is 11.3 Å². The van der Waals surface area contributed by atoms with Crippen LogP contribution >= 0.6 is 23.1 Å². The molecule has 0 fully saturated rings. The number of nitrogens with one attached hydrogen (secondary N) is 1. The largest absolute Gasteiger partial charge is 0.467 e. The maximum Gasteiger partial charge on any atom is 0.230 e. The van der Waals surface area contributed by atoms with Crippen LogP contribution in [0.3, 0.4) is 0 Å². The minimum atomic E-state index is -0.0365. The zero-order chi connectivity index (χ0) is 20.9. The molecule has 1 N–H and O–H groups in total. The second kappa shape index (κ2) is 9.32. The maximum absolute atomic E-state index is 12.5. The summed E-state index contributed by atoms with van der Waals surface area (Å²) in [7, 11) is 0. The summed E-state index contributed by atoms with van der Waals surface area (Å²) in [4.78, 5) is 13.6. The number of rotatable bonds is 8. The first-order valence-corrected chi connectivity index (χ1v) is 11.4. The quantitative estimate of drug-likeness (QED) is 0.395. The van der Waals surface area contributed by atoms with E-state index in [9.17, 15) is 4.79 Å². The molecule has 1 amide bonds. The van der Waals surface area contributed by atoms with Gasteiger partial charge in [-0.2, -0.15) is 0 Å². The van der Waals surface area contributed by atoms with Crippen LogP contribution in [0.5, 0.6) is 0 Å². The number of nitrogens with zero attached hydrogens (tertiary/aromatic N) is 3. The molecule has 4 rings (SSSR count). The molecule has 8 heteroatoms. The SMILES string of the molecule is Cc1cccc(-c2nnc(SCC(=O)NC(C)c3cccs3)n2Cc2ccco2)c1. The molecule has 154 valence electrons. The molecule has 1 unspecified atom stereocenters. The Morgan fingerprint density at radius 2 is 2.13 bits per heavy atom. The Morgan fingerprint density at radius 3 is 2.87 bits per heavy atom. The molecule has 0 aliphatic rings. The van der Waals surface area contributed by atoms with Gasteiger partial charge in [-0.25, -0.2) is 0 Å². The summed E-state index contributed by atoms with van der Waals surface area (Å²) >= 11 is 3.01. The number of benzene rings is 1. The number of hydrogen-bond donors (Lipinski definition) is 1. The molecule has 6 nitrogen and oxygen atoms in total. The number of thioether (sulfide) groups is 1. The van der Waals surface area contributed by atoms with Crippen LogP contribution < -0.4 is 5.32 Å². The molecule has 0 saturated heterocycles. The smallest absolute Gasteiger partial charge is 0.230 e. The number of furan rings is 1. The lowest BCUT2D eigenvalue weighted by molar-refractivity contribution is -0.119. The van der Waals surface area contributed by atoms with Crippen molar-refractivity contribution in [2.45, 2.75) is 31.6 Å². The van der Waals surface area contributed by atoms with E-state index >= 15 is 0 Å². The normalized spacial score (nSPS) is 12.1. The van der Waals surface area contributed by atoms with Gasteiger partial charge >= 0.3 is 0 Å². The fourth-order valence-corrected chi connectivity index (χ4v) is 4.60. The topological polar surface area (TPSA) is 73.0 Å². The van der Waals surface area contributed by atoms with Gasteiger partial charge in [0.15, 0.2) is 11.0 Å². The van der Waals surface area contributed by atoms with Gasteiger partial charge in [0.05, 0.1) is 24.6 Å². The molecule has 30 heavy (non-hydrogen) atoms. The zero-order valence-corrected chi connectivity index (χ0v) is 18.4. The molecule has 0 bridgehead atoms. The van der Waals surface area contributed by atoms with Gasteiger partial charge in [0.25, 0.3) is 0 Å². The Bertz CT molecular complexity index is 1100. The maximum atomic E-state index is 12.5. The molecule has 0 aliphatic heterocycles. The van der Waals surface area contributed by atoms with Crippen molar-refractivity contribution in [2.75, 3.05) is 5.75 Å². The number of hydrogen-bond acceptors (Lipinski definition) is 6. The third kappa shape index (κ3) is 4.83. The van der Waals surface area contributed by atoms with Crippen LogP contribution in [-0.4, -0.2) is 26.4 Å². The molecule has 0 radical (unpaired) electrons. The Hall–Kier alpha value is -2.84. The highest BCUT2D eigenvalue weighted by Crippen LogP contribution is 2.26. The Labute approximate surface area is 183 Å². The van der Waals surface area contributed by atoms with Crippen molar-refractivity contribution in [1.82, 2.24) is 20.1 Å². The van der Waals surface area contributed by atoms with Gasteiger partial charge in [0.2, 0.25) is 5.91 Å². The highest BCUT2D eigenvalue weighted by atomic mass is 32.2. The molecule has 0 spiro atoms. The summed E-state index contributed by atoms with van der Waals surface area (Å²) in [6.07, 6.45) is 1.65. The third-order valence-electron chi connectivity index (χ3n) is 4.57.